The minimum Gasteiger partial charge on any atom is -0.493 e. The van der Waals surface area contributed by atoms with Crippen molar-refractivity contribution < 1.29 is 9.90 Å². The van der Waals surface area contributed by atoms with Gasteiger partial charge >= 0.3 is 5.91 Å². The second-order valence-electron chi connectivity index (χ2n) is 5.78. The van der Waals surface area contributed by atoms with Gasteiger partial charge in [0.15, 0.2) is 5.69 Å². The molecule has 0 bridgehead atoms. The first-order valence-corrected chi connectivity index (χ1v) is 8.78. The largest absolute Gasteiger partial charge is 0.493 e. The zero-order valence-corrected chi connectivity index (χ0v) is 14.6. The minimum atomic E-state index is -0.552. The molecule has 1 amide bonds. The number of aromatic nitrogens is 2. The van der Waals surface area contributed by atoms with Gasteiger partial charge in [-0.15, -0.1) is 21.6 Å². The first-order chi connectivity index (χ1) is 12.6. The Kier molecular flexibility index (Phi) is 4.06. The number of carbonyl (C=O) groups is 1. The molecule has 0 fully saturated rings. The number of aromatic amines is 1. The fraction of sp³-hybridized carbons (Fsp3) is 0.0526. The minimum absolute atomic E-state index is 0.124. The Labute approximate surface area is 152 Å². The third kappa shape index (κ3) is 3.00. The van der Waals surface area contributed by atoms with Crippen LogP contribution in [0.2, 0.25) is 0 Å². The highest BCUT2D eigenvalue weighted by atomic mass is 32.1. The number of hydrogen-bond acceptors (Lipinski definition) is 5. The maximum atomic E-state index is 12.3. The smallest absolute Gasteiger partial charge is 0.314 e. The fourth-order valence-electron chi connectivity index (χ4n) is 2.56. The molecule has 0 spiro atoms. The Balaban J connectivity index is 1.59. The van der Waals surface area contributed by atoms with E-state index in [9.17, 15) is 9.90 Å². The SMILES string of the molecule is Cc1ccc(-c2nc(C(=O)N=Nc3c(O)[nH]c4ccccc34)cs2)cc1. The van der Waals surface area contributed by atoms with E-state index in [1.165, 1.54) is 11.3 Å². The Hall–Kier alpha value is -3.32. The number of aryl methyl sites for hydroxylation is 1. The molecule has 2 aromatic carbocycles. The summed E-state index contributed by atoms with van der Waals surface area (Å²) in [5, 5.41) is 20.7. The molecule has 0 aliphatic carbocycles. The van der Waals surface area contributed by atoms with Gasteiger partial charge in [0, 0.05) is 16.3 Å². The Morgan fingerprint density at radius 1 is 1.15 bits per heavy atom. The number of nitrogens with zero attached hydrogens (tertiary/aromatic N) is 3. The van der Waals surface area contributed by atoms with Crippen LogP contribution in [-0.2, 0) is 0 Å². The Morgan fingerprint density at radius 2 is 1.92 bits per heavy atom. The van der Waals surface area contributed by atoms with Crippen molar-refractivity contribution in [2.75, 3.05) is 0 Å². The first kappa shape index (κ1) is 16.2. The predicted molar refractivity (Wildman–Crippen MR) is 101 cm³/mol. The van der Waals surface area contributed by atoms with Gasteiger partial charge in [0.25, 0.3) is 0 Å². The number of rotatable bonds is 3. The molecule has 0 aliphatic rings. The van der Waals surface area contributed by atoms with Crippen LogP contribution in [0.3, 0.4) is 0 Å². The van der Waals surface area contributed by atoms with Crippen molar-refractivity contribution in [3.63, 3.8) is 0 Å². The molecule has 0 aliphatic heterocycles. The molecule has 2 heterocycles. The number of fused-ring (bicyclic) bond motifs is 1. The van der Waals surface area contributed by atoms with Crippen LogP contribution in [0.1, 0.15) is 16.1 Å². The van der Waals surface area contributed by atoms with Crippen molar-refractivity contribution in [3.05, 3.63) is 65.2 Å². The zero-order valence-electron chi connectivity index (χ0n) is 13.8. The van der Waals surface area contributed by atoms with E-state index in [4.69, 9.17) is 0 Å². The van der Waals surface area contributed by atoms with Gasteiger partial charge in [-0.3, -0.25) is 4.79 Å². The summed E-state index contributed by atoms with van der Waals surface area (Å²) in [6, 6.07) is 15.2. The summed E-state index contributed by atoms with van der Waals surface area (Å²) in [4.78, 5) is 19.4. The van der Waals surface area contributed by atoms with Crippen molar-refractivity contribution >= 4 is 33.8 Å². The maximum Gasteiger partial charge on any atom is 0.314 e. The summed E-state index contributed by atoms with van der Waals surface area (Å²) in [5.41, 5.74) is 3.30. The van der Waals surface area contributed by atoms with Gasteiger partial charge < -0.3 is 10.1 Å². The van der Waals surface area contributed by atoms with Gasteiger partial charge in [0.05, 0.1) is 5.52 Å². The summed E-state index contributed by atoms with van der Waals surface area (Å²) < 4.78 is 0. The van der Waals surface area contributed by atoms with E-state index in [-0.39, 0.29) is 17.3 Å². The number of para-hydroxylation sites is 1. The van der Waals surface area contributed by atoms with Gasteiger partial charge in [-0.2, -0.15) is 0 Å². The molecule has 2 N–H and O–H groups in total. The van der Waals surface area contributed by atoms with Crippen LogP contribution in [0.25, 0.3) is 21.5 Å². The van der Waals surface area contributed by atoms with Gasteiger partial charge in [0.2, 0.25) is 5.88 Å². The average Bonchev–Trinajstić information content (AvgIpc) is 3.25. The first-order valence-electron chi connectivity index (χ1n) is 7.90. The number of amides is 1. The van der Waals surface area contributed by atoms with E-state index in [1.54, 1.807) is 11.4 Å². The summed E-state index contributed by atoms with van der Waals surface area (Å²) in [6.45, 7) is 2.01. The highest BCUT2D eigenvalue weighted by Crippen LogP contribution is 2.35. The molecular weight excluding hydrogens is 348 g/mol. The van der Waals surface area contributed by atoms with Crippen molar-refractivity contribution in [2.24, 2.45) is 10.2 Å². The quantitative estimate of drug-likeness (QED) is 0.489. The monoisotopic (exact) mass is 362 g/mol. The molecule has 0 atom stereocenters. The number of thiazole rings is 1. The number of hydrogen-bond donors (Lipinski definition) is 2. The second-order valence-corrected chi connectivity index (χ2v) is 6.63. The van der Waals surface area contributed by atoms with E-state index in [1.807, 2.05) is 49.4 Å². The van der Waals surface area contributed by atoms with E-state index < -0.39 is 5.91 Å². The van der Waals surface area contributed by atoms with Gasteiger partial charge in [-0.1, -0.05) is 48.0 Å². The lowest BCUT2D eigenvalue weighted by Crippen LogP contribution is -1.93. The number of carbonyl (C=O) groups excluding carboxylic acids is 1. The lowest BCUT2D eigenvalue weighted by atomic mass is 10.2. The molecule has 4 rings (SSSR count). The highest BCUT2D eigenvalue weighted by molar-refractivity contribution is 7.13. The van der Waals surface area contributed by atoms with Crippen molar-refractivity contribution in [2.45, 2.75) is 6.92 Å². The van der Waals surface area contributed by atoms with Crippen LogP contribution in [0, 0.1) is 6.92 Å². The van der Waals surface area contributed by atoms with Gasteiger partial charge in [0.1, 0.15) is 10.7 Å². The molecule has 2 aromatic heterocycles. The molecular formula is C19H14N4O2S. The summed E-state index contributed by atoms with van der Waals surface area (Å²) in [5.74, 6) is -0.675. The van der Waals surface area contributed by atoms with Crippen LogP contribution in [-0.4, -0.2) is 21.0 Å². The van der Waals surface area contributed by atoms with Crippen molar-refractivity contribution in [1.29, 1.82) is 0 Å². The maximum absolute atomic E-state index is 12.3. The van der Waals surface area contributed by atoms with E-state index in [0.717, 1.165) is 21.7 Å². The molecule has 128 valence electrons. The number of aromatic hydroxyl groups is 1. The topological polar surface area (TPSA) is 90.7 Å². The van der Waals surface area contributed by atoms with Crippen LogP contribution < -0.4 is 0 Å². The number of benzene rings is 2. The van der Waals surface area contributed by atoms with E-state index in [0.29, 0.717) is 5.39 Å². The molecule has 6 nitrogen and oxygen atoms in total. The second kappa shape index (κ2) is 6.53. The van der Waals surface area contributed by atoms with Crippen molar-refractivity contribution in [3.8, 4) is 16.5 Å². The average molecular weight is 362 g/mol. The molecule has 7 heteroatoms. The molecule has 4 aromatic rings. The van der Waals surface area contributed by atoms with Gasteiger partial charge in [-0.25, -0.2) is 4.98 Å². The number of nitrogens with one attached hydrogen (secondary N) is 1. The number of azo groups is 1. The Bertz CT molecular complexity index is 1130. The number of H-pyrrole nitrogens is 1. The molecule has 26 heavy (non-hydrogen) atoms. The van der Waals surface area contributed by atoms with Crippen LogP contribution in [0.5, 0.6) is 5.88 Å². The normalized spacial score (nSPS) is 11.4. The van der Waals surface area contributed by atoms with Crippen molar-refractivity contribution in [1.82, 2.24) is 9.97 Å². The lowest BCUT2D eigenvalue weighted by molar-refractivity contribution is 0.0991. The van der Waals surface area contributed by atoms with E-state index >= 15 is 0 Å². The molecule has 0 unspecified atom stereocenters. The summed E-state index contributed by atoms with van der Waals surface area (Å²) in [6.07, 6.45) is 0. The molecule has 0 saturated carbocycles. The highest BCUT2D eigenvalue weighted by Gasteiger charge is 2.13. The lowest BCUT2D eigenvalue weighted by Gasteiger charge is -1.96. The van der Waals surface area contributed by atoms with Gasteiger partial charge in [-0.05, 0) is 13.0 Å². The third-order valence-electron chi connectivity index (χ3n) is 3.92. The van der Waals surface area contributed by atoms with Crippen LogP contribution >= 0.6 is 11.3 Å². The van der Waals surface area contributed by atoms with Crippen LogP contribution in [0.4, 0.5) is 5.69 Å². The summed E-state index contributed by atoms with van der Waals surface area (Å²) in [7, 11) is 0. The molecule has 0 radical (unpaired) electrons. The fourth-order valence-corrected chi connectivity index (χ4v) is 3.36. The predicted octanol–water partition coefficient (Wildman–Crippen LogP) is 5.23. The standard InChI is InChI=1S/C19H14N4O2S/c1-11-6-8-12(9-7-11)19-21-15(10-26-19)17(24)23-22-16-13-4-2-3-5-14(13)20-18(16)25/h2-10,20,25H,1H3. The zero-order chi connectivity index (χ0) is 18.1. The Morgan fingerprint density at radius 3 is 2.73 bits per heavy atom. The summed E-state index contributed by atoms with van der Waals surface area (Å²) >= 11 is 1.38. The van der Waals surface area contributed by atoms with E-state index in [2.05, 4.69) is 20.2 Å². The molecule has 0 saturated heterocycles. The van der Waals surface area contributed by atoms with Crippen LogP contribution in [0.15, 0.2) is 64.1 Å². The third-order valence-corrected chi connectivity index (χ3v) is 4.81.